The molecular weight excluding hydrogens is 349 g/mol. The van der Waals surface area contributed by atoms with Crippen molar-refractivity contribution in [1.29, 1.82) is 0 Å². The molecule has 0 radical (unpaired) electrons. The molecule has 3 aromatic rings. The number of halogens is 3. The van der Waals surface area contributed by atoms with Crippen LogP contribution in [0.4, 0.5) is 13.2 Å². The number of alkyl halides is 3. The standard InChI is InChI=1S/C17H13F3N4O2/c18-17(19,20)10-22-15(26)7-12-6-13-8-21-16(11-4-2-1-3-5-11)23-24(13)14(12)9-25/h1-6,8-9H,7,10H2,(H,22,26). The van der Waals surface area contributed by atoms with Crippen LogP contribution >= 0.6 is 0 Å². The fraction of sp³-hybridized carbons (Fsp3) is 0.176. The first-order valence-electron chi connectivity index (χ1n) is 7.59. The van der Waals surface area contributed by atoms with E-state index >= 15 is 0 Å². The minimum atomic E-state index is -4.50. The van der Waals surface area contributed by atoms with Crippen LogP contribution in [0.2, 0.25) is 0 Å². The van der Waals surface area contributed by atoms with Crippen LogP contribution in [0, 0.1) is 0 Å². The van der Waals surface area contributed by atoms with Gasteiger partial charge in [-0.1, -0.05) is 30.3 Å². The monoisotopic (exact) mass is 362 g/mol. The van der Waals surface area contributed by atoms with Crippen molar-refractivity contribution in [3.05, 3.63) is 53.9 Å². The van der Waals surface area contributed by atoms with E-state index in [1.165, 1.54) is 16.8 Å². The van der Waals surface area contributed by atoms with Crippen LogP contribution in [0.3, 0.4) is 0 Å². The van der Waals surface area contributed by atoms with Crippen LogP contribution in [0.25, 0.3) is 16.9 Å². The molecule has 26 heavy (non-hydrogen) atoms. The second-order valence-corrected chi connectivity index (χ2v) is 5.53. The zero-order chi connectivity index (χ0) is 18.7. The van der Waals surface area contributed by atoms with Crippen molar-refractivity contribution < 1.29 is 22.8 Å². The molecule has 0 aliphatic carbocycles. The fourth-order valence-corrected chi connectivity index (χ4v) is 2.46. The largest absolute Gasteiger partial charge is 0.405 e. The highest BCUT2D eigenvalue weighted by molar-refractivity contribution is 5.85. The Hall–Kier alpha value is -3.23. The molecule has 2 heterocycles. The van der Waals surface area contributed by atoms with Gasteiger partial charge in [0.1, 0.15) is 12.2 Å². The molecule has 2 aromatic heterocycles. The van der Waals surface area contributed by atoms with E-state index in [2.05, 4.69) is 10.1 Å². The van der Waals surface area contributed by atoms with Crippen LogP contribution in [-0.2, 0) is 11.2 Å². The number of amides is 1. The summed E-state index contributed by atoms with van der Waals surface area (Å²) in [6, 6.07) is 10.6. The molecule has 1 aromatic carbocycles. The number of aromatic nitrogens is 3. The zero-order valence-electron chi connectivity index (χ0n) is 13.3. The SMILES string of the molecule is O=Cc1c(CC(=O)NCC(F)(F)F)cc2cnc(-c3ccccc3)nn12. The third-order valence-corrected chi connectivity index (χ3v) is 3.62. The second kappa shape index (κ2) is 6.95. The quantitative estimate of drug-likeness (QED) is 0.708. The minimum absolute atomic E-state index is 0.0988. The summed E-state index contributed by atoms with van der Waals surface area (Å²) in [4.78, 5) is 27.4. The Labute approximate surface area is 145 Å². The first-order chi connectivity index (χ1) is 12.4. The van der Waals surface area contributed by atoms with Crippen LogP contribution in [-0.4, -0.2) is 39.5 Å². The van der Waals surface area contributed by atoms with E-state index in [1.807, 2.05) is 18.2 Å². The number of hydrogen-bond acceptors (Lipinski definition) is 4. The van der Waals surface area contributed by atoms with Gasteiger partial charge < -0.3 is 5.32 Å². The van der Waals surface area contributed by atoms with Crippen molar-refractivity contribution in [3.8, 4) is 11.4 Å². The first kappa shape index (κ1) is 17.6. The third kappa shape index (κ3) is 3.88. The van der Waals surface area contributed by atoms with Gasteiger partial charge in [0.25, 0.3) is 0 Å². The Morgan fingerprint density at radius 2 is 1.96 bits per heavy atom. The van der Waals surface area contributed by atoms with Gasteiger partial charge in [0.2, 0.25) is 5.91 Å². The van der Waals surface area contributed by atoms with Crippen molar-refractivity contribution in [2.45, 2.75) is 12.6 Å². The van der Waals surface area contributed by atoms with Crippen LogP contribution in [0.15, 0.2) is 42.6 Å². The van der Waals surface area contributed by atoms with Crippen molar-refractivity contribution in [3.63, 3.8) is 0 Å². The van der Waals surface area contributed by atoms with Gasteiger partial charge in [-0.15, -0.1) is 5.10 Å². The van der Waals surface area contributed by atoms with E-state index in [0.29, 0.717) is 17.6 Å². The molecule has 0 saturated carbocycles. The van der Waals surface area contributed by atoms with Gasteiger partial charge in [0.05, 0.1) is 18.1 Å². The smallest absolute Gasteiger partial charge is 0.347 e. The number of hydrogen-bond donors (Lipinski definition) is 1. The summed E-state index contributed by atoms with van der Waals surface area (Å²) >= 11 is 0. The van der Waals surface area contributed by atoms with Crippen molar-refractivity contribution in [2.24, 2.45) is 0 Å². The highest BCUT2D eigenvalue weighted by Gasteiger charge is 2.28. The Balaban J connectivity index is 1.90. The van der Waals surface area contributed by atoms with Gasteiger partial charge in [0, 0.05) is 5.56 Å². The average molecular weight is 362 g/mol. The number of fused-ring (bicyclic) bond motifs is 1. The van der Waals surface area contributed by atoms with Crippen molar-refractivity contribution >= 4 is 17.7 Å². The van der Waals surface area contributed by atoms with E-state index in [0.717, 1.165) is 5.56 Å². The van der Waals surface area contributed by atoms with Gasteiger partial charge in [-0.25, -0.2) is 9.50 Å². The highest BCUT2D eigenvalue weighted by atomic mass is 19.4. The molecule has 0 saturated heterocycles. The van der Waals surface area contributed by atoms with Gasteiger partial charge in [0.15, 0.2) is 12.1 Å². The molecule has 0 spiro atoms. The molecule has 6 nitrogen and oxygen atoms in total. The van der Waals surface area contributed by atoms with E-state index in [4.69, 9.17) is 0 Å². The van der Waals surface area contributed by atoms with E-state index in [9.17, 15) is 22.8 Å². The lowest BCUT2D eigenvalue weighted by molar-refractivity contribution is -0.138. The van der Waals surface area contributed by atoms with Crippen molar-refractivity contribution in [1.82, 2.24) is 19.9 Å². The molecule has 3 rings (SSSR count). The van der Waals surface area contributed by atoms with Crippen LogP contribution in [0.5, 0.6) is 0 Å². The fourth-order valence-electron chi connectivity index (χ4n) is 2.46. The summed E-state index contributed by atoms with van der Waals surface area (Å²) in [6.07, 6.45) is -2.86. The van der Waals surface area contributed by atoms with Crippen molar-refractivity contribution in [2.75, 3.05) is 6.54 Å². The van der Waals surface area contributed by atoms with Crippen LogP contribution < -0.4 is 5.32 Å². The Morgan fingerprint density at radius 1 is 1.23 bits per heavy atom. The zero-order valence-corrected chi connectivity index (χ0v) is 13.3. The van der Waals surface area contributed by atoms with E-state index < -0.39 is 18.6 Å². The second-order valence-electron chi connectivity index (χ2n) is 5.53. The maximum absolute atomic E-state index is 12.2. The Morgan fingerprint density at radius 3 is 2.62 bits per heavy atom. The molecule has 0 bridgehead atoms. The number of carbonyl (C=O) groups excluding carboxylic acids is 2. The topological polar surface area (TPSA) is 76.4 Å². The minimum Gasteiger partial charge on any atom is -0.347 e. The molecule has 0 fully saturated rings. The molecule has 1 amide bonds. The summed E-state index contributed by atoms with van der Waals surface area (Å²) in [6.45, 7) is -1.42. The van der Waals surface area contributed by atoms with E-state index in [1.54, 1.807) is 17.4 Å². The molecule has 0 unspecified atom stereocenters. The molecule has 134 valence electrons. The molecule has 0 aliphatic rings. The van der Waals surface area contributed by atoms with Crippen LogP contribution in [0.1, 0.15) is 16.1 Å². The number of nitrogens with zero attached hydrogens (tertiary/aromatic N) is 3. The van der Waals surface area contributed by atoms with Gasteiger partial charge in [-0.2, -0.15) is 13.2 Å². The third-order valence-electron chi connectivity index (χ3n) is 3.62. The lowest BCUT2D eigenvalue weighted by Gasteiger charge is -2.07. The normalized spacial score (nSPS) is 11.5. The molecular formula is C17H13F3N4O2. The Kier molecular flexibility index (Phi) is 4.70. The molecule has 0 atom stereocenters. The lowest BCUT2D eigenvalue weighted by Crippen LogP contribution is -2.34. The number of rotatable bonds is 5. The lowest BCUT2D eigenvalue weighted by atomic mass is 10.1. The van der Waals surface area contributed by atoms with Gasteiger partial charge >= 0.3 is 6.18 Å². The number of nitrogens with one attached hydrogen (secondary N) is 1. The summed E-state index contributed by atoms with van der Waals surface area (Å²) < 4.78 is 37.9. The van der Waals surface area contributed by atoms with Gasteiger partial charge in [-0.3, -0.25) is 9.59 Å². The van der Waals surface area contributed by atoms with Gasteiger partial charge in [-0.05, 0) is 11.6 Å². The summed E-state index contributed by atoms with van der Waals surface area (Å²) in [7, 11) is 0. The number of carbonyl (C=O) groups is 2. The summed E-state index contributed by atoms with van der Waals surface area (Å²) in [5, 5.41) is 6.07. The average Bonchev–Trinajstić information content (AvgIpc) is 2.96. The summed E-state index contributed by atoms with van der Waals surface area (Å²) in [5.74, 6) is -0.456. The number of benzene rings is 1. The first-order valence-corrected chi connectivity index (χ1v) is 7.59. The molecule has 9 heteroatoms. The summed E-state index contributed by atoms with van der Waals surface area (Å²) in [5.41, 5.74) is 1.58. The predicted molar refractivity (Wildman–Crippen MR) is 86.6 cm³/mol. The maximum atomic E-state index is 12.2. The molecule has 1 N–H and O–H groups in total. The Bertz CT molecular complexity index is 952. The predicted octanol–water partition coefficient (Wildman–Crippen LogP) is 2.43. The maximum Gasteiger partial charge on any atom is 0.405 e. The highest BCUT2D eigenvalue weighted by Crippen LogP contribution is 2.19. The van der Waals surface area contributed by atoms with E-state index in [-0.39, 0.29) is 17.7 Å². The molecule has 0 aliphatic heterocycles. The number of aldehydes is 1.